The van der Waals surface area contributed by atoms with Gasteiger partial charge in [-0.1, -0.05) is 6.07 Å². The Kier molecular flexibility index (Phi) is 3.17. The molecule has 0 aliphatic carbocycles. The second-order valence-electron chi connectivity index (χ2n) is 5.25. The van der Waals surface area contributed by atoms with Gasteiger partial charge in [0.05, 0.1) is 10.9 Å². The average Bonchev–Trinajstić information content (AvgIpc) is 2.94. The van der Waals surface area contributed by atoms with Gasteiger partial charge in [-0.25, -0.2) is 9.18 Å². The molecule has 1 atom stereocenters. The fraction of sp³-hybridized carbons (Fsp3) is 0.429. The van der Waals surface area contributed by atoms with Gasteiger partial charge in [-0.15, -0.1) is 0 Å². The number of nitrogens with one attached hydrogen (secondary N) is 1. The summed E-state index contributed by atoms with van der Waals surface area (Å²) >= 11 is 0. The monoisotopic (exact) mass is 277 g/mol. The van der Waals surface area contributed by atoms with Crippen LogP contribution < -0.4 is 16.6 Å². The van der Waals surface area contributed by atoms with Crippen molar-refractivity contribution >= 4 is 10.9 Å². The van der Waals surface area contributed by atoms with E-state index in [0.29, 0.717) is 12.1 Å². The number of rotatable bonds is 2. The fourth-order valence-electron chi connectivity index (χ4n) is 2.80. The number of aryl methyl sites for hydroxylation is 1. The fourth-order valence-corrected chi connectivity index (χ4v) is 2.80. The van der Waals surface area contributed by atoms with Gasteiger partial charge in [0.1, 0.15) is 5.82 Å². The van der Waals surface area contributed by atoms with Crippen LogP contribution in [0.15, 0.2) is 27.8 Å². The van der Waals surface area contributed by atoms with Crippen molar-refractivity contribution in [1.82, 2.24) is 14.5 Å². The number of hydrogen-bond acceptors (Lipinski definition) is 3. The van der Waals surface area contributed by atoms with E-state index in [2.05, 4.69) is 5.32 Å². The third-order valence-corrected chi connectivity index (χ3v) is 3.93. The zero-order valence-electron chi connectivity index (χ0n) is 11.2. The summed E-state index contributed by atoms with van der Waals surface area (Å²) in [5, 5.41) is 3.18. The third-order valence-electron chi connectivity index (χ3n) is 3.93. The summed E-state index contributed by atoms with van der Waals surface area (Å²) in [6.07, 6.45) is 0.922. The molecule has 6 heteroatoms. The molecule has 1 fully saturated rings. The highest BCUT2D eigenvalue weighted by Gasteiger charge is 2.20. The molecule has 0 radical (unpaired) electrons. The molecular weight excluding hydrogens is 261 g/mol. The average molecular weight is 277 g/mol. The zero-order valence-corrected chi connectivity index (χ0v) is 11.2. The molecule has 1 aromatic carbocycles. The molecule has 0 spiro atoms. The standard InChI is InChI=1S/C14H16FN3O2/c1-17-11-4-2-3-10(15)12(11)13(19)18(14(17)20)8-9-5-6-16-7-9/h2-4,9,16H,5-8H2,1H3. The van der Waals surface area contributed by atoms with Gasteiger partial charge < -0.3 is 5.32 Å². The van der Waals surface area contributed by atoms with Gasteiger partial charge in [0.2, 0.25) is 0 Å². The van der Waals surface area contributed by atoms with Crippen LogP contribution in [0.1, 0.15) is 6.42 Å². The van der Waals surface area contributed by atoms with Crippen molar-refractivity contribution in [3.8, 4) is 0 Å². The number of aromatic nitrogens is 2. The molecule has 0 saturated carbocycles. The first-order chi connectivity index (χ1) is 9.59. The van der Waals surface area contributed by atoms with Crippen LogP contribution >= 0.6 is 0 Å². The Hall–Kier alpha value is -1.95. The van der Waals surface area contributed by atoms with Crippen molar-refractivity contribution in [2.45, 2.75) is 13.0 Å². The minimum absolute atomic E-state index is 0.0134. The number of halogens is 1. The SMILES string of the molecule is Cn1c(=O)n(CC2CCNC2)c(=O)c2c(F)cccc21. The minimum atomic E-state index is -0.582. The lowest BCUT2D eigenvalue weighted by molar-refractivity contribution is 0.451. The molecule has 3 rings (SSSR count). The predicted octanol–water partition coefficient (Wildman–Crippen LogP) is 0.449. The Morgan fingerprint density at radius 3 is 2.90 bits per heavy atom. The van der Waals surface area contributed by atoms with E-state index in [0.717, 1.165) is 24.1 Å². The van der Waals surface area contributed by atoms with Crippen molar-refractivity contribution in [3.63, 3.8) is 0 Å². The van der Waals surface area contributed by atoms with Crippen molar-refractivity contribution in [2.24, 2.45) is 13.0 Å². The van der Waals surface area contributed by atoms with E-state index >= 15 is 0 Å². The van der Waals surface area contributed by atoms with E-state index in [1.54, 1.807) is 13.1 Å². The Bertz CT molecular complexity index is 772. The molecule has 2 aromatic rings. The molecule has 106 valence electrons. The molecule has 1 aliphatic rings. The first-order valence-corrected chi connectivity index (χ1v) is 6.68. The van der Waals surface area contributed by atoms with Gasteiger partial charge in [0, 0.05) is 13.6 Å². The maximum atomic E-state index is 13.9. The van der Waals surface area contributed by atoms with Crippen molar-refractivity contribution in [1.29, 1.82) is 0 Å². The van der Waals surface area contributed by atoms with E-state index in [4.69, 9.17) is 0 Å². The topological polar surface area (TPSA) is 56.0 Å². The molecule has 1 saturated heterocycles. The predicted molar refractivity (Wildman–Crippen MR) is 74.4 cm³/mol. The Morgan fingerprint density at radius 2 is 2.20 bits per heavy atom. The summed E-state index contributed by atoms with van der Waals surface area (Å²) in [5.74, 6) is -0.342. The number of fused-ring (bicyclic) bond motifs is 1. The van der Waals surface area contributed by atoms with Gasteiger partial charge in [-0.05, 0) is 37.6 Å². The molecule has 0 bridgehead atoms. The highest BCUT2D eigenvalue weighted by Crippen LogP contribution is 2.13. The largest absolute Gasteiger partial charge is 0.331 e. The highest BCUT2D eigenvalue weighted by atomic mass is 19.1. The molecule has 1 N–H and O–H groups in total. The minimum Gasteiger partial charge on any atom is -0.316 e. The zero-order chi connectivity index (χ0) is 14.3. The summed E-state index contributed by atoms with van der Waals surface area (Å²) in [6, 6.07) is 4.33. The molecular formula is C14H16FN3O2. The lowest BCUT2D eigenvalue weighted by Gasteiger charge is -2.14. The smallest absolute Gasteiger partial charge is 0.316 e. The van der Waals surface area contributed by atoms with E-state index < -0.39 is 11.4 Å². The van der Waals surface area contributed by atoms with Crippen LogP contribution in [0, 0.1) is 11.7 Å². The van der Waals surface area contributed by atoms with Crippen LogP contribution in [0.4, 0.5) is 4.39 Å². The van der Waals surface area contributed by atoms with Crippen molar-refractivity contribution in [2.75, 3.05) is 13.1 Å². The summed E-state index contributed by atoms with van der Waals surface area (Å²) in [4.78, 5) is 24.7. The molecule has 5 nitrogen and oxygen atoms in total. The van der Waals surface area contributed by atoms with Gasteiger partial charge in [-0.2, -0.15) is 0 Å². The highest BCUT2D eigenvalue weighted by molar-refractivity contribution is 5.78. The van der Waals surface area contributed by atoms with Crippen LogP contribution in [0.2, 0.25) is 0 Å². The maximum absolute atomic E-state index is 13.9. The summed E-state index contributed by atoms with van der Waals surface area (Å²) in [5.41, 5.74) is -0.589. The first-order valence-electron chi connectivity index (χ1n) is 6.68. The van der Waals surface area contributed by atoms with E-state index in [-0.39, 0.29) is 17.0 Å². The number of benzene rings is 1. The molecule has 20 heavy (non-hydrogen) atoms. The van der Waals surface area contributed by atoms with Gasteiger partial charge in [-0.3, -0.25) is 13.9 Å². The molecule has 0 amide bonds. The van der Waals surface area contributed by atoms with E-state index in [9.17, 15) is 14.0 Å². The Balaban J connectivity index is 2.24. The lowest BCUT2D eigenvalue weighted by atomic mass is 10.1. The van der Waals surface area contributed by atoms with Crippen LogP contribution in [0.5, 0.6) is 0 Å². The first kappa shape index (κ1) is 13.1. The van der Waals surface area contributed by atoms with Gasteiger partial charge in [0.25, 0.3) is 5.56 Å². The molecule has 1 unspecified atom stereocenters. The Morgan fingerprint density at radius 1 is 1.40 bits per heavy atom. The van der Waals surface area contributed by atoms with Gasteiger partial charge >= 0.3 is 5.69 Å². The second kappa shape index (κ2) is 4.86. The van der Waals surface area contributed by atoms with Crippen LogP contribution in [0.3, 0.4) is 0 Å². The summed E-state index contributed by atoms with van der Waals surface area (Å²) < 4.78 is 16.4. The lowest BCUT2D eigenvalue weighted by Crippen LogP contribution is -2.41. The number of hydrogen-bond donors (Lipinski definition) is 1. The quantitative estimate of drug-likeness (QED) is 0.867. The maximum Gasteiger partial charge on any atom is 0.331 e. The van der Waals surface area contributed by atoms with Crippen LogP contribution in [0.25, 0.3) is 10.9 Å². The molecule has 1 aliphatic heterocycles. The molecule has 2 heterocycles. The third kappa shape index (κ3) is 1.96. The van der Waals surface area contributed by atoms with E-state index in [1.165, 1.54) is 16.7 Å². The summed E-state index contributed by atoms with van der Waals surface area (Å²) in [7, 11) is 1.56. The van der Waals surface area contributed by atoms with Crippen LogP contribution in [-0.4, -0.2) is 22.2 Å². The van der Waals surface area contributed by atoms with Crippen molar-refractivity contribution < 1.29 is 4.39 Å². The van der Waals surface area contributed by atoms with Crippen LogP contribution in [-0.2, 0) is 13.6 Å². The van der Waals surface area contributed by atoms with E-state index in [1.807, 2.05) is 0 Å². The summed E-state index contributed by atoms with van der Waals surface area (Å²) in [6.45, 7) is 2.01. The normalized spacial score (nSPS) is 18.8. The Labute approximate surface area is 114 Å². The number of nitrogens with zero attached hydrogens (tertiary/aromatic N) is 2. The molecule has 1 aromatic heterocycles. The van der Waals surface area contributed by atoms with Crippen molar-refractivity contribution in [3.05, 3.63) is 44.9 Å². The second-order valence-corrected chi connectivity index (χ2v) is 5.25. The van der Waals surface area contributed by atoms with Gasteiger partial charge in [0.15, 0.2) is 0 Å².